The lowest BCUT2D eigenvalue weighted by molar-refractivity contribution is -0.139. The number of ether oxygens (including phenoxy) is 2. The van der Waals surface area contributed by atoms with Crippen LogP contribution in [0.15, 0.2) is 69.6 Å². The Morgan fingerprint density at radius 3 is 2.75 bits per heavy atom. The van der Waals surface area contributed by atoms with Gasteiger partial charge in [-0.2, -0.15) is 0 Å². The third-order valence-corrected chi connectivity index (χ3v) is 6.32. The summed E-state index contributed by atoms with van der Waals surface area (Å²) in [5, 5.41) is 0.582. The molecule has 0 bridgehead atoms. The van der Waals surface area contributed by atoms with Crippen LogP contribution in [0.2, 0.25) is 5.02 Å². The standard InChI is InChI=1S/C24H21ClN2O4S/c1-4-31-23(29)20-14(2)26-24-27(21(20)17-10-5-6-11-18(17)30-3)22(28)19(32-24)13-15-8-7-9-16(25)12-15/h5-13,21H,4H2,1-3H3/b19-13-. The first-order chi connectivity index (χ1) is 15.4. The number of allylic oxidation sites excluding steroid dienone is 1. The van der Waals surface area contributed by atoms with Crippen LogP contribution in [0, 0.1) is 0 Å². The molecule has 2 heterocycles. The number of thiazole rings is 1. The average Bonchev–Trinajstić information content (AvgIpc) is 3.07. The van der Waals surface area contributed by atoms with Crippen LogP contribution in [-0.4, -0.2) is 24.3 Å². The molecule has 0 aliphatic carbocycles. The van der Waals surface area contributed by atoms with E-state index in [2.05, 4.69) is 4.99 Å². The molecule has 1 unspecified atom stereocenters. The van der Waals surface area contributed by atoms with Gasteiger partial charge in [0, 0.05) is 10.6 Å². The Hall–Kier alpha value is -3.16. The lowest BCUT2D eigenvalue weighted by Gasteiger charge is -2.25. The van der Waals surface area contributed by atoms with E-state index in [0.29, 0.717) is 36.9 Å². The summed E-state index contributed by atoms with van der Waals surface area (Å²) in [6.07, 6.45) is 1.78. The fourth-order valence-corrected chi connectivity index (χ4v) is 4.97. The Labute approximate surface area is 193 Å². The highest BCUT2D eigenvalue weighted by Gasteiger charge is 2.34. The molecule has 0 saturated carbocycles. The van der Waals surface area contributed by atoms with Crippen LogP contribution in [0.4, 0.5) is 0 Å². The molecular weight excluding hydrogens is 448 g/mol. The molecule has 32 heavy (non-hydrogen) atoms. The first-order valence-corrected chi connectivity index (χ1v) is 11.2. The number of nitrogens with zero attached hydrogens (tertiary/aromatic N) is 2. The van der Waals surface area contributed by atoms with Crippen molar-refractivity contribution in [1.29, 1.82) is 0 Å². The predicted molar refractivity (Wildman–Crippen MR) is 125 cm³/mol. The zero-order valence-corrected chi connectivity index (χ0v) is 19.4. The van der Waals surface area contributed by atoms with E-state index in [1.165, 1.54) is 15.9 Å². The molecule has 2 aromatic carbocycles. The van der Waals surface area contributed by atoms with Crippen molar-refractivity contribution in [2.75, 3.05) is 13.7 Å². The summed E-state index contributed by atoms with van der Waals surface area (Å²) in [7, 11) is 1.56. The molecule has 0 fully saturated rings. The van der Waals surface area contributed by atoms with Gasteiger partial charge in [0.1, 0.15) is 11.8 Å². The number of rotatable bonds is 5. The monoisotopic (exact) mass is 468 g/mol. The number of esters is 1. The number of para-hydroxylation sites is 1. The van der Waals surface area contributed by atoms with Crippen molar-refractivity contribution in [2.24, 2.45) is 4.99 Å². The zero-order valence-electron chi connectivity index (χ0n) is 17.8. The van der Waals surface area contributed by atoms with Gasteiger partial charge in [0.15, 0.2) is 4.80 Å². The molecule has 4 rings (SSSR count). The Balaban J connectivity index is 2.00. The normalized spacial score (nSPS) is 15.9. The molecule has 0 amide bonds. The minimum Gasteiger partial charge on any atom is -0.496 e. The second-order valence-corrected chi connectivity index (χ2v) is 8.54. The van der Waals surface area contributed by atoms with Crippen LogP contribution < -0.4 is 19.6 Å². The maximum Gasteiger partial charge on any atom is 0.338 e. The van der Waals surface area contributed by atoms with Crippen molar-refractivity contribution in [3.05, 3.63) is 95.6 Å². The number of halogens is 1. The number of hydrogen-bond acceptors (Lipinski definition) is 6. The summed E-state index contributed by atoms with van der Waals surface area (Å²) in [4.78, 5) is 31.6. The number of hydrogen-bond donors (Lipinski definition) is 0. The topological polar surface area (TPSA) is 69.9 Å². The molecule has 0 N–H and O–H groups in total. The van der Waals surface area contributed by atoms with Crippen LogP contribution in [0.5, 0.6) is 5.75 Å². The second-order valence-electron chi connectivity index (χ2n) is 7.10. The summed E-state index contributed by atoms with van der Waals surface area (Å²) in [5.74, 6) is 0.0622. The van der Waals surface area contributed by atoms with E-state index in [0.717, 1.165) is 5.56 Å². The third-order valence-electron chi connectivity index (χ3n) is 5.10. The van der Waals surface area contributed by atoms with Gasteiger partial charge >= 0.3 is 5.97 Å². The van der Waals surface area contributed by atoms with Crippen LogP contribution >= 0.6 is 22.9 Å². The summed E-state index contributed by atoms with van der Waals surface area (Å²) in [6.45, 7) is 3.71. The molecule has 8 heteroatoms. The van der Waals surface area contributed by atoms with Gasteiger partial charge in [-0.1, -0.05) is 53.3 Å². The SMILES string of the molecule is CCOC(=O)C1=C(C)N=c2s/c(=C\c3cccc(Cl)c3)c(=O)n2C1c1ccccc1OC. The Kier molecular flexibility index (Phi) is 6.30. The van der Waals surface area contributed by atoms with Gasteiger partial charge in [-0.05, 0) is 43.7 Å². The van der Waals surface area contributed by atoms with Gasteiger partial charge in [0.05, 0.1) is 29.5 Å². The molecule has 1 aliphatic rings. The van der Waals surface area contributed by atoms with E-state index in [1.807, 2.05) is 30.3 Å². The summed E-state index contributed by atoms with van der Waals surface area (Å²) < 4.78 is 12.9. The lowest BCUT2D eigenvalue weighted by Crippen LogP contribution is -2.40. The highest BCUT2D eigenvalue weighted by atomic mass is 35.5. The molecule has 164 valence electrons. The minimum atomic E-state index is -0.719. The van der Waals surface area contributed by atoms with Crippen molar-refractivity contribution < 1.29 is 14.3 Å². The Morgan fingerprint density at radius 1 is 1.25 bits per heavy atom. The van der Waals surface area contributed by atoms with Crippen LogP contribution in [0.25, 0.3) is 6.08 Å². The number of aromatic nitrogens is 1. The van der Waals surface area contributed by atoms with Gasteiger partial charge in [0.2, 0.25) is 0 Å². The molecule has 0 saturated heterocycles. The van der Waals surface area contributed by atoms with E-state index in [4.69, 9.17) is 21.1 Å². The number of carbonyl (C=O) groups is 1. The fraction of sp³-hybridized carbons (Fsp3) is 0.208. The highest BCUT2D eigenvalue weighted by Crippen LogP contribution is 2.35. The quantitative estimate of drug-likeness (QED) is 0.538. The van der Waals surface area contributed by atoms with Crippen LogP contribution in [-0.2, 0) is 9.53 Å². The summed E-state index contributed by atoms with van der Waals surface area (Å²) in [5.41, 5.74) is 2.06. The maximum atomic E-state index is 13.6. The maximum absolute atomic E-state index is 13.6. The van der Waals surface area contributed by atoms with Gasteiger partial charge in [-0.15, -0.1) is 0 Å². The Bertz CT molecular complexity index is 1400. The fourth-order valence-electron chi connectivity index (χ4n) is 3.73. The summed E-state index contributed by atoms with van der Waals surface area (Å²) >= 11 is 7.36. The first-order valence-electron chi connectivity index (χ1n) is 10.0. The van der Waals surface area contributed by atoms with Crippen LogP contribution in [0.1, 0.15) is 31.0 Å². The number of benzene rings is 2. The highest BCUT2D eigenvalue weighted by molar-refractivity contribution is 7.07. The smallest absolute Gasteiger partial charge is 0.338 e. The first kappa shape index (κ1) is 22.0. The number of fused-ring (bicyclic) bond motifs is 1. The molecular formula is C24H21ClN2O4S. The van der Waals surface area contributed by atoms with Crippen molar-refractivity contribution in [2.45, 2.75) is 19.9 Å². The third kappa shape index (κ3) is 4.01. The zero-order chi connectivity index (χ0) is 22.8. The van der Waals surface area contributed by atoms with Gasteiger partial charge in [-0.25, -0.2) is 9.79 Å². The van der Waals surface area contributed by atoms with E-state index in [1.54, 1.807) is 45.2 Å². The minimum absolute atomic E-state index is 0.216. The van der Waals surface area contributed by atoms with E-state index in [-0.39, 0.29) is 12.2 Å². The Morgan fingerprint density at radius 2 is 2.03 bits per heavy atom. The van der Waals surface area contributed by atoms with Gasteiger partial charge < -0.3 is 9.47 Å². The van der Waals surface area contributed by atoms with Crippen molar-refractivity contribution in [3.8, 4) is 5.75 Å². The lowest BCUT2D eigenvalue weighted by atomic mass is 9.95. The molecule has 3 aromatic rings. The van der Waals surface area contributed by atoms with E-state index >= 15 is 0 Å². The van der Waals surface area contributed by atoms with Crippen molar-refractivity contribution in [3.63, 3.8) is 0 Å². The van der Waals surface area contributed by atoms with Gasteiger partial charge in [0.25, 0.3) is 5.56 Å². The number of carbonyl (C=O) groups excluding carboxylic acids is 1. The molecule has 1 atom stereocenters. The van der Waals surface area contributed by atoms with E-state index in [9.17, 15) is 9.59 Å². The molecule has 0 radical (unpaired) electrons. The second kappa shape index (κ2) is 9.14. The largest absolute Gasteiger partial charge is 0.496 e. The number of methoxy groups -OCH3 is 1. The average molecular weight is 469 g/mol. The molecule has 1 aliphatic heterocycles. The molecule has 6 nitrogen and oxygen atoms in total. The van der Waals surface area contributed by atoms with Gasteiger partial charge in [-0.3, -0.25) is 9.36 Å². The summed E-state index contributed by atoms with van der Waals surface area (Å²) in [6, 6.07) is 13.9. The van der Waals surface area contributed by atoms with Crippen molar-refractivity contribution >= 4 is 35.0 Å². The van der Waals surface area contributed by atoms with Crippen molar-refractivity contribution in [1.82, 2.24) is 4.57 Å². The predicted octanol–water partition coefficient (Wildman–Crippen LogP) is 3.46. The van der Waals surface area contributed by atoms with E-state index < -0.39 is 12.0 Å². The molecule has 0 spiro atoms. The van der Waals surface area contributed by atoms with Crippen LogP contribution in [0.3, 0.4) is 0 Å². The molecule has 1 aromatic heterocycles.